The van der Waals surface area contributed by atoms with Crippen molar-refractivity contribution in [3.8, 4) is 22.8 Å². The van der Waals surface area contributed by atoms with Crippen molar-refractivity contribution < 1.29 is 14.0 Å². The van der Waals surface area contributed by atoms with Crippen LogP contribution < -0.4 is 15.2 Å². The van der Waals surface area contributed by atoms with Crippen molar-refractivity contribution in [2.75, 3.05) is 19.5 Å². The topological polar surface area (TPSA) is 70.5 Å². The average molecular weight is 269 g/mol. The van der Waals surface area contributed by atoms with E-state index >= 15 is 0 Å². The Morgan fingerprint density at radius 1 is 1.33 bits per heavy atom. The first-order valence-corrected chi connectivity index (χ1v) is 5.76. The largest absolute Gasteiger partial charge is 0.495 e. The Kier molecular flexibility index (Phi) is 3.62. The summed E-state index contributed by atoms with van der Waals surface area (Å²) in [5.41, 5.74) is 6.22. The van der Waals surface area contributed by atoms with Crippen LogP contribution in [0.3, 0.4) is 0 Å². The van der Waals surface area contributed by atoms with Gasteiger partial charge in [-0.15, -0.1) is 0 Å². The smallest absolute Gasteiger partial charge is 0.172 e. The molecule has 1 heterocycles. The van der Waals surface area contributed by atoms with Gasteiger partial charge in [0, 0.05) is 12.1 Å². The number of anilines is 1. The zero-order valence-corrected chi connectivity index (χ0v) is 10.8. The Hall–Kier alpha value is -1.88. The van der Waals surface area contributed by atoms with E-state index in [1.165, 1.54) is 0 Å². The van der Waals surface area contributed by atoms with Crippen molar-refractivity contribution in [1.29, 1.82) is 0 Å². The normalized spacial score (nSPS) is 10.4. The summed E-state index contributed by atoms with van der Waals surface area (Å²) in [5.74, 6) is 1.95. The van der Waals surface area contributed by atoms with Gasteiger partial charge in [-0.05, 0) is 13.0 Å². The number of nitrogens with two attached hydrogens (primary N) is 1. The average Bonchev–Trinajstić information content (AvgIpc) is 2.78. The molecule has 1 aromatic carbocycles. The van der Waals surface area contributed by atoms with Crippen LogP contribution in [-0.2, 0) is 0 Å². The Labute approximate surface area is 109 Å². The molecule has 18 heavy (non-hydrogen) atoms. The van der Waals surface area contributed by atoms with Gasteiger partial charge >= 0.3 is 0 Å². The minimum absolute atomic E-state index is 0.305. The van der Waals surface area contributed by atoms with Crippen LogP contribution in [0.1, 0.15) is 6.92 Å². The molecule has 2 rings (SSSR count). The standard InChI is InChI=1S/C12H13ClN2O3/c1-3-17-9-5-11(16-2)8(13)4-7(9)10-6-12(14)15-18-10/h4-6H,3H2,1-2H3,(H2,14,15). The SMILES string of the molecule is CCOc1cc(OC)c(Cl)cc1-c1cc(N)no1. The van der Waals surface area contributed by atoms with Gasteiger partial charge in [0.2, 0.25) is 0 Å². The second kappa shape index (κ2) is 5.18. The predicted molar refractivity (Wildman–Crippen MR) is 69.1 cm³/mol. The number of nitrogens with zero attached hydrogens (tertiary/aromatic N) is 1. The fourth-order valence-electron chi connectivity index (χ4n) is 1.57. The zero-order valence-electron chi connectivity index (χ0n) is 10.1. The fourth-order valence-corrected chi connectivity index (χ4v) is 1.82. The lowest BCUT2D eigenvalue weighted by Gasteiger charge is -2.11. The summed E-state index contributed by atoms with van der Waals surface area (Å²) in [6, 6.07) is 5.02. The van der Waals surface area contributed by atoms with E-state index in [-0.39, 0.29) is 0 Å². The number of hydrogen-bond acceptors (Lipinski definition) is 5. The summed E-state index contributed by atoms with van der Waals surface area (Å²) >= 11 is 6.08. The molecule has 0 fully saturated rings. The van der Waals surface area contributed by atoms with Gasteiger partial charge in [-0.1, -0.05) is 16.8 Å². The molecular weight excluding hydrogens is 256 g/mol. The van der Waals surface area contributed by atoms with Gasteiger partial charge in [-0.25, -0.2) is 0 Å². The third-order valence-electron chi connectivity index (χ3n) is 2.35. The van der Waals surface area contributed by atoms with Crippen LogP contribution in [0.15, 0.2) is 22.7 Å². The van der Waals surface area contributed by atoms with Crippen molar-refractivity contribution in [1.82, 2.24) is 5.16 Å². The van der Waals surface area contributed by atoms with Gasteiger partial charge in [-0.3, -0.25) is 0 Å². The van der Waals surface area contributed by atoms with E-state index in [4.69, 9.17) is 31.3 Å². The van der Waals surface area contributed by atoms with Crippen LogP contribution in [0, 0.1) is 0 Å². The summed E-state index contributed by atoms with van der Waals surface area (Å²) in [7, 11) is 1.54. The lowest BCUT2D eigenvalue weighted by atomic mass is 10.1. The van der Waals surface area contributed by atoms with Gasteiger partial charge in [0.15, 0.2) is 11.6 Å². The van der Waals surface area contributed by atoms with E-state index in [0.717, 1.165) is 0 Å². The van der Waals surface area contributed by atoms with E-state index in [1.54, 1.807) is 25.3 Å². The molecule has 2 N–H and O–H groups in total. The number of ether oxygens (including phenoxy) is 2. The number of methoxy groups -OCH3 is 1. The lowest BCUT2D eigenvalue weighted by Crippen LogP contribution is -1.95. The maximum absolute atomic E-state index is 6.08. The first-order chi connectivity index (χ1) is 8.65. The summed E-state index contributed by atoms with van der Waals surface area (Å²) in [5, 5.41) is 4.10. The Balaban J connectivity index is 2.54. The molecule has 0 saturated heterocycles. The van der Waals surface area contributed by atoms with Gasteiger partial charge in [0.05, 0.1) is 24.3 Å². The molecule has 0 amide bonds. The zero-order chi connectivity index (χ0) is 13.1. The van der Waals surface area contributed by atoms with Gasteiger partial charge < -0.3 is 19.7 Å². The number of nitrogen functional groups attached to an aromatic ring is 1. The molecule has 0 saturated carbocycles. The summed E-state index contributed by atoms with van der Waals surface area (Å²) < 4.78 is 15.8. The van der Waals surface area contributed by atoms with Crippen molar-refractivity contribution in [3.05, 3.63) is 23.2 Å². The maximum Gasteiger partial charge on any atom is 0.172 e. The number of hydrogen-bond donors (Lipinski definition) is 1. The molecule has 5 nitrogen and oxygen atoms in total. The van der Waals surface area contributed by atoms with E-state index in [1.807, 2.05) is 6.92 Å². The predicted octanol–water partition coefficient (Wildman–Crippen LogP) is 2.98. The number of halogens is 1. The third-order valence-corrected chi connectivity index (χ3v) is 2.64. The van der Waals surface area contributed by atoms with Crippen LogP contribution in [0.4, 0.5) is 5.82 Å². The molecule has 0 bridgehead atoms. The summed E-state index contributed by atoms with van der Waals surface area (Å²) in [6.45, 7) is 2.40. The summed E-state index contributed by atoms with van der Waals surface area (Å²) in [4.78, 5) is 0. The van der Waals surface area contributed by atoms with E-state index in [2.05, 4.69) is 5.16 Å². The van der Waals surface area contributed by atoms with E-state index in [9.17, 15) is 0 Å². The molecule has 0 aliphatic rings. The molecule has 1 aromatic heterocycles. The van der Waals surface area contributed by atoms with Crippen molar-refractivity contribution in [2.24, 2.45) is 0 Å². The van der Waals surface area contributed by atoms with Gasteiger partial charge in [0.25, 0.3) is 0 Å². The number of aromatic nitrogens is 1. The Morgan fingerprint density at radius 3 is 2.67 bits per heavy atom. The van der Waals surface area contributed by atoms with Crippen LogP contribution in [-0.4, -0.2) is 18.9 Å². The van der Waals surface area contributed by atoms with Crippen LogP contribution >= 0.6 is 11.6 Å². The highest BCUT2D eigenvalue weighted by Gasteiger charge is 2.15. The molecule has 0 unspecified atom stereocenters. The van der Waals surface area contributed by atoms with Crippen molar-refractivity contribution in [2.45, 2.75) is 6.92 Å². The van der Waals surface area contributed by atoms with E-state index in [0.29, 0.717) is 40.3 Å². The summed E-state index contributed by atoms with van der Waals surface area (Å²) in [6.07, 6.45) is 0. The highest BCUT2D eigenvalue weighted by atomic mass is 35.5. The lowest BCUT2D eigenvalue weighted by molar-refractivity contribution is 0.335. The molecule has 6 heteroatoms. The van der Waals surface area contributed by atoms with E-state index < -0.39 is 0 Å². The molecule has 2 aromatic rings. The first kappa shape index (κ1) is 12.6. The number of benzene rings is 1. The van der Waals surface area contributed by atoms with Crippen LogP contribution in [0.5, 0.6) is 11.5 Å². The van der Waals surface area contributed by atoms with Gasteiger partial charge in [0.1, 0.15) is 11.5 Å². The Morgan fingerprint density at radius 2 is 2.11 bits per heavy atom. The van der Waals surface area contributed by atoms with Crippen LogP contribution in [0.25, 0.3) is 11.3 Å². The molecule has 96 valence electrons. The highest BCUT2D eigenvalue weighted by Crippen LogP contribution is 2.38. The first-order valence-electron chi connectivity index (χ1n) is 5.38. The second-order valence-electron chi connectivity index (χ2n) is 3.53. The molecule has 0 aliphatic carbocycles. The minimum atomic E-state index is 0.305. The minimum Gasteiger partial charge on any atom is -0.495 e. The van der Waals surface area contributed by atoms with Crippen molar-refractivity contribution in [3.63, 3.8) is 0 Å². The Bertz CT molecular complexity index is 554. The van der Waals surface area contributed by atoms with Crippen molar-refractivity contribution >= 4 is 17.4 Å². The third kappa shape index (κ3) is 2.36. The molecule has 0 spiro atoms. The second-order valence-corrected chi connectivity index (χ2v) is 3.94. The monoisotopic (exact) mass is 268 g/mol. The quantitative estimate of drug-likeness (QED) is 0.923. The molecule has 0 atom stereocenters. The molecular formula is C12H13ClN2O3. The maximum atomic E-state index is 6.08. The number of rotatable bonds is 4. The van der Waals surface area contributed by atoms with Gasteiger partial charge in [-0.2, -0.15) is 0 Å². The molecule has 0 aliphatic heterocycles. The fraction of sp³-hybridized carbons (Fsp3) is 0.250. The highest BCUT2D eigenvalue weighted by molar-refractivity contribution is 6.32. The molecule has 0 radical (unpaired) electrons. The van der Waals surface area contributed by atoms with Crippen LogP contribution in [0.2, 0.25) is 5.02 Å².